The second kappa shape index (κ2) is 8.92. The minimum Gasteiger partial charge on any atom is -0.497 e. The number of benzene rings is 1. The van der Waals surface area contributed by atoms with E-state index in [1.165, 1.54) is 12.0 Å². The Labute approximate surface area is 146 Å². The second-order valence-electron chi connectivity index (χ2n) is 7.06. The van der Waals surface area contributed by atoms with Gasteiger partial charge in [0, 0.05) is 33.3 Å². The molecule has 0 amide bonds. The van der Waals surface area contributed by atoms with Crippen molar-refractivity contribution in [2.45, 2.75) is 33.3 Å². The van der Waals surface area contributed by atoms with Crippen molar-refractivity contribution in [3.05, 3.63) is 29.8 Å². The quantitative estimate of drug-likeness (QED) is 0.473. The predicted molar refractivity (Wildman–Crippen MR) is 98.6 cm³/mol. The van der Waals surface area contributed by atoms with E-state index in [1.807, 2.05) is 31.3 Å². The number of guanidine groups is 1. The molecule has 5 nitrogen and oxygen atoms in total. The van der Waals surface area contributed by atoms with Gasteiger partial charge in [-0.3, -0.25) is 4.99 Å². The lowest BCUT2D eigenvalue weighted by atomic mass is 9.93. The minimum absolute atomic E-state index is 0.388. The van der Waals surface area contributed by atoms with Gasteiger partial charge < -0.3 is 19.7 Å². The molecular weight excluding hydrogens is 302 g/mol. The first-order valence-corrected chi connectivity index (χ1v) is 8.70. The molecule has 0 aromatic heterocycles. The minimum atomic E-state index is 0.388. The Hall–Kier alpha value is -1.75. The van der Waals surface area contributed by atoms with Crippen molar-refractivity contribution >= 4 is 5.96 Å². The molecule has 1 aromatic rings. The average molecular weight is 333 g/mol. The predicted octanol–water partition coefficient (Wildman–Crippen LogP) is 2.91. The van der Waals surface area contributed by atoms with Gasteiger partial charge in [0.15, 0.2) is 5.96 Å². The molecule has 1 aliphatic rings. The van der Waals surface area contributed by atoms with Gasteiger partial charge in [0.05, 0.1) is 13.7 Å². The molecule has 0 atom stereocenters. The van der Waals surface area contributed by atoms with Crippen LogP contribution in [0, 0.1) is 5.41 Å². The Kier molecular flexibility index (Phi) is 6.91. The highest BCUT2D eigenvalue weighted by molar-refractivity contribution is 5.80. The van der Waals surface area contributed by atoms with Crippen LogP contribution in [0.4, 0.5) is 0 Å². The highest BCUT2D eigenvalue weighted by Gasteiger charge is 2.30. The summed E-state index contributed by atoms with van der Waals surface area (Å²) in [6, 6.07) is 7.99. The van der Waals surface area contributed by atoms with E-state index in [0.717, 1.165) is 44.4 Å². The molecule has 5 heteroatoms. The van der Waals surface area contributed by atoms with Crippen LogP contribution in [-0.2, 0) is 11.3 Å². The van der Waals surface area contributed by atoms with E-state index in [2.05, 4.69) is 29.1 Å². The van der Waals surface area contributed by atoms with Crippen molar-refractivity contribution in [1.82, 2.24) is 10.2 Å². The molecule has 0 aliphatic carbocycles. The van der Waals surface area contributed by atoms with Gasteiger partial charge >= 0.3 is 0 Å². The van der Waals surface area contributed by atoms with Crippen LogP contribution < -0.4 is 10.1 Å². The Morgan fingerprint density at radius 2 is 2.04 bits per heavy atom. The van der Waals surface area contributed by atoms with Gasteiger partial charge in [-0.05, 0) is 36.0 Å². The molecule has 1 fully saturated rings. The zero-order valence-electron chi connectivity index (χ0n) is 15.5. The summed E-state index contributed by atoms with van der Waals surface area (Å²) in [5.41, 5.74) is 1.55. The van der Waals surface area contributed by atoms with Gasteiger partial charge in [-0.1, -0.05) is 26.0 Å². The average Bonchev–Trinajstić information content (AvgIpc) is 2.94. The maximum atomic E-state index is 5.73. The molecule has 0 radical (unpaired) electrons. The van der Waals surface area contributed by atoms with E-state index in [4.69, 9.17) is 9.47 Å². The lowest BCUT2D eigenvalue weighted by Gasteiger charge is -2.23. The smallest absolute Gasteiger partial charge is 0.193 e. The molecule has 1 heterocycles. The molecule has 24 heavy (non-hydrogen) atoms. The first kappa shape index (κ1) is 18.6. The molecule has 0 bridgehead atoms. The number of hydrogen-bond acceptors (Lipinski definition) is 3. The van der Waals surface area contributed by atoms with Crippen LogP contribution in [0.5, 0.6) is 5.75 Å². The summed E-state index contributed by atoms with van der Waals surface area (Å²) in [7, 11) is 3.53. The number of ether oxygens (including phenoxy) is 2. The second-order valence-corrected chi connectivity index (χ2v) is 7.06. The number of aliphatic imine (C=N–C) groups is 1. The topological polar surface area (TPSA) is 46.1 Å². The Morgan fingerprint density at radius 3 is 2.62 bits per heavy atom. The monoisotopic (exact) mass is 333 g/mol. The van der Waals surface area contributed by atoms with E-state index in [-0.39, 0.29) is 0 Å². The van der Waals surface area contributed by atoms with E-state index in [1.54, 1.807) is 7.11 Å². The van der Waals surface area contributed by atoms with Crippen LogP contribution in [0.15, 0.2) is 29.3 Å². The first-order valence-electron chi connectivity index (χ1n) is 8.70. The summed E-state index contributed by atoms with van der Waals surface area (Å²) in [6.45, 7) is 9.04. The molecule has 0 unspecified atom stereocenters. The molecule has 1 N–H and O–H groups in total. The van der Waals surface area contributed by atoms with Gasteiger partial charge in [-0.25, -0.2) is 0 Å². The summed E-state index contributed by atoms with van der Waals surface area (Å²) in [6.07, 6.45) is 2.19. The van der Waals surface area contributed by atoms with Crippen molar-refractivity contribution in [2.24, 2.45) is 10.4 Å². The van der Waals surface area contributed by atoms with E-state index in [0.29, 0.717) is 12.0 Å². The van der Waals surface area contributed by atoms with Crippen molar-refractivity contribution < 1.29 is 9.47 Å². The Morgan fingerprint density at radius 1 is 1.29 bits per heavy atom. The Bertz CT molecular complexity index is 526. The van der Waals surface area contributed by atoms with Crippen LogP contribution in [-0.4, -0.2) is 51.3 Å². The normalized spacial score (nSPS) is 17.2. The maximum Gasteiger partial charge on any atom is 0.193 e. The number of rotatable bonds is 7. The van der Waals surface area contributed by atoms with Crippen LogP contribution in [0.25, 0.3) is 0 Å². The first-order chi connectivity index (χ1) is 11.5. The van der Waals surface area contributed by atoms with Gasteiger partial charge in [-0.15, -0.1) is 0 Å². The number of nitrogens with one attached hydrogen (secondary N) is 1. The Balaban J connectivity index is 1.60. The van der Waals surface area contributed by atoms with E-state index in [9.17, 15) is 0 Å². The van der Waals surface area contributed by atoms with Gasteiger partial charge in [0.25, 0.3) is 0 Å². The fraction of sp³-hybridized carbons (Fsp3) is 0.632. The van der Waals surface area contributed by atoms with Crippen molar-refractivity contribution in [2.75, 3.05) is 40.4 Å². The zero-order valence-corrected chi connectivity index (χ0v) is 15.5. The SMILES string of the molecule is CN=C(NCCCOCc1ccc(OC)cc1)N1CCC(C)(C)C1. The standard InChI is InChI=1S/C19H31N3O2/c1-19(2)10-12-22(15-19)18(20-3)21-11-5-13-24-14-16-6-8-17(23-4)9-7-16/h6-9H,5,10-15H2,1-4H3,(H,20,21). The summed E-state index contributed by atoms with van der Waals surface area (Å²) < 4.78 is 10.9. The molecule has 2 rings (SSSR count). The molecule has 1 saturated heterocycles. The highest BCUT2D eigenvalue weighted by Crippen LogP contribution is 2.28. The number of hydrogen-bond donors (Lipinski definition) is 1. The fourth-order valence-electron chi connectivity index (χ4n) is 2.91. The largest absolute Gasteiger partial charge is 0.497 e. The molecule has 0 spiro atoms. The zero-order chi connectivity index (χ0) is 17.4. The van der Waals surface area contributed by atoms with Gasteiger partial charge in [-0.2, -0.15) is 0 Å². The molecular formula is C19H31N3O2. The molecule has 134 valence electrons. The summed E-state index contributed by atoms with van der Waals surface area (Å²) in [4.78, 5) is 6.74. The maximum absolute atomic E-state index is 5.73. The number of methoxy groups -OCH3 is 1. The van der Waals surface area contributed by atoms with Crippen LogP contribution in [0.2, 0.25) is 0 Å². The van der Waals surface area contributed by atoms with Crippen LogP contribution in [0.3, 0.4) is 0 Å². The number of likely N-dealkylation sites (tertiary alicyclic amines) is 1. The highest BCUT2D eigenvalue weighted by atomic mass is 16.5. The van der Waals surface area contributed by atoms with Crippen molar-refractivity contribution in [1.29, 1.82) is 0 Å². The van der Waals surface area contributed by atoms with Crippen LogP contribution in [0.1, 0.15) is 32.3 Å². The van der Waals surface area contributed by atoms with E-state index < -0.39 is 0 Å². The molecule has 0 saturated carbocycles. The summed E-state index contributed by atoms with van der Waals surface area (Å²) in [5.74, 6) is 1.88. The summed E-state index contributed by atoms with van der Waals surface area (Å²) >= 11 is 0. The third-order valence-electron chi connectivity index (χ3n) is 4.37. The summed E-state index contributed by atoms with van der Waals surface area (Å²) in [5, 5.41) is 3.44. The lowest BCUT2D eigenvalue weighted by Crippen LogP contribution is -2.41. The van der Waals surface area contributed by atoms with Gasteiger partial charge in [0.2, 0.25) is 0 Å². The van der Waals surface area contributed by atoms with Crippen molar-refractivity contribution in [3.8, 4) is 5.75 Å². The third-order valence-corrected chi connectivity index (χ3v) is 4.37. The number of nitrogens with zero attached hydrogens (tertiary/aromatic N) is 2. The van der Waals surface area contributed by atoms with Crippen molar-refractivity contribution in [3.63, 3.8) is 0 Å². The van der Waals surface area contributed by atoms with Crippen LogP contribution >= 0.6 is 0 Å². The lowest BCUT2D eigenvalue weighted by molar-refractivity contribution is 0.119. The van der Waals surface area contributed by atoms with E-state index >= 15 is 0 Å². The van der Waals surface area contributed by atoms with Gasteiger partial charge in [0.1, 0.15) is 5.75 Å². The fourth-order valence-corrected chi connectivity index (χ4v) is 2.91. The third kappa shape index (κ3) is 5.71. The molecule has 1 aliphatic heterocycles. The molecule has 1 aromatic carbocycles.